The smallest absolute Gasteiger partial charge is 0.228 e. The number of rotatable bonds is 3. The molecule has 0 aromatic carbocycles. The van der Waals surface area contributed by atoms with Gasteiger partial charge in [0.15, 0.2) is 0 Å². The highest BCUT2D eigenvalue weighted by atomic mass is 16.2. The van der Waals surface area contributed by atoms with Gasteiger partial charge in [0.25, 0.3) is 0 Å². The topological polar surface area (TPSA) is 71.3 Å². The second kappa shape index (κ2) is 5.83. The highest BCUT2D eigenvalue weighted by molar-refractivity contribution is 5.89. The van der Waals surface area contributed by atoms with E-state index in [-0.39, 0.29) is 23.8 Å². The average molecular weight is 291 g/mol. The van der Waals surface area contributed by atoms with Gasteiger partial charge in [0.2, 0.25) is 11.8 Å². The Balaban J connectivity index is 1.64. The number of likely N-dealkylation sites (tertiary alicyclic amines) is 2. The van der Waals surface area contributed by atoms with E-state index in [0.717, 1.165) is 19.4 Å². The summed E-state index contributed by atoms with van der Waals surface area (Å²) < 4.78 is 1.83. The summed E-state index contributed by atoms with van der Waals surface area (Å²) in [7, 11) is 0. The van der Waals surface area contributed by atoms with E-state index >= 15 is 0 Å². The number of amides is 2. The highest BCUT2D eigenvalue weighted by Crippen LogP contribution is 2.25. The van der Waals surface area contributed by atoms with Gasteiger partial charge in [-0.1, -0.05) is 0 Å². The minimum Gasteiger partial charge on any atom is -0.342 e. The molecule has 0 radical (unpaired) electrons. The maximum absolute atomic E-state index is 12.6. The average Bonchev–Trinajstić information content (AvgIpc) is 3.16. The maximum Gasteiger partial charge on any atom is 0.228 e. The van der Waals surface area contributed by atoms with Crippen molar-refractivity contribution in [1.29, 1.82) is 0 Å². The molecule has 7 nitrogen and oxygen atoms in total. The predicted molar refractivity (Wildman–Crippen MR) is 75.2 cm³/mol. The maximum atomic E-state index is 12.6. The molecule has 2 fully saturated rings. The normalized spacial score (nSPS) is 26.4. The molecule has 0 unspecified atom stereocenters. The lowest BCUT2D eigenvalue weighted by Crippen LogP contribution is -2.44. The largest absolute Gasteiger partial charge is 0.342 e. The Morgan fingerprint density at radius 3 is 2.95 bits per heavy atom. The molecule has 2 atom stereocenters. The third-order valence-corrected chi connectivity index (χ3v) is 4.46. The molecular formula is C14H21N5O2. The van der Waals surface area contributed by atoms with E-state index in [4.69, 9.17) is 0 Å². The number of nitrogens with zero attached hydrogens (tertiary/aromatic N) is 5. The van der Waals surface area contributed by atoms with Gasteiger partial charge in [-0.25, -0.2) is 9.67 Å². The van der Waals surface area contributed by atoms with Crippen molar-refractivity contribution in [3.63, 3.8) is 0 Å². The van der Waals surface area contributed by atoms with Crippen LogP contribution >= 0.6 is 0 Å². The van der Waals surface area contributed by atoms with Crippen LogP contribution < -0.4 is 0 Å². The van der Waals surface area contributed by atoms with Crippen LogP contribution in [0.15, 0.2) is 12.7 Å². The molecule has 2 amide bonds. The number of aromatic nitrogens is 3. The minimum atomic E-state index is -0.174. The van der Waals surface area contributed by atoms with Gasteiger partial charge in [0.1, 0.15) is 12.7 Å². The lowest BCUT2D eigenvalue weighted by atomic mass is 10.0. The van der Waals surface area contributed by atoms with Crippen molar-refractivity contribution in [2.75, 3.05) is 26.2 Å². The quantitative estimate of drug-likeness (QED) is 0.803. The highest BCUT2D eigenvalue weighted by Gasteiger charge is 2.37. The molecule has 21 heavy (non-hydrogen) atoms. The van der Waals surface area contributed by atoms with Gasteiger partial charge in [-0.3, -0.25) is 9.59 Å². The van der Waals surface area contributed by atoms with E-state index in [1.807, 2.05) is 16.5 Å². The van der Waals surface area contributed by atoms with E-state index < -0.39 is 0 Å². The molecule has 3 heterocycles. The molecule has 114 valence electrons. The van der Waals surface area contributed by atoms with E-state index in [9.17, 15) is 9.59 Å². The number of carbonyl (C=O) groups is 2. The molecule has 1 aromatic rings. The third-order valence-electron chi connectivity index (χ3n) is 4.46. The molecule has 1 aromatic heterocycles. The minimum absolute atomic E-state index is 0.0979. The summed E-state index contributed by atoms with van der Waals surface area (Å²) in [6.45, 7) is 4.65. The Morgan fingerprint density at radius 2 is 2.29 bits per heavy atom. The first-order valence-corrected chi connectivity index (χ1v) is 7.59. The van der Waals surface area contributed by atoms with E-state index in [1.54, 1.807) is 11.2 Å². The van der Waals surface area contributed by atoms with Crippen LogP contribution in [0.2, 0.25) is 0 Å². The van der Waals surface area contributed by atoms with Gasteiger partial charge in [-0.2, -0.15) is 5.10 Å². The van der Waals surface area contributed by atoms with Crippen molar-refractivity contribution in [2.24, 2.45) is 5.92 Å². The fourth-order valence-corrected chi connectivity index (χ4v) is 3.28. The van der Waals surface area contributed by atoms with Gasteiger partial charge >= 0.3 is 0 Å². The summed E-state index contributed by atoms with van der Waals surface area (Å²) in [5.74, 6) is 0.0387. The summed E-state index contributed by atoms with van der Waals surface area (Å²) in [5, 5.41) is 4.17. The second-order valence-electron chi connectivity index (χ2n) is 5.79. The third kappa shape index (κ3) is 2.77. The van der Waals surface area contributed by atoms with E-state index in [2.05, 4.69) is 10.1 Å². The zero-order chi connectivity index (χ0) is 14.8. The van der Waals surface area contributed by atoms with Gasteiger partial charge < -0.3 is 9.80 Å². The first-order valence-electron chi connectivity index (χ1n) is 7.59. The Labute approximate surface area is 123 Å². The van der Waals surface area contributed by atoms with Crippen LogP contribution in [-0.4, -0.2) is 62.6 Å². The van der Waals surface area contributed by atoms with Gasteiger partial charge in [-0.15, -0.1) is 0 Å². The summed E-state index contributed by atoms with van der Waals surface area (Å²) in [5.41, 5.74) is 0. The summed E-state index contributed by atoms with van der Waals surface area (Å²) in [6, 6.07) is 0.199. The monoisotopic (exact) mass is 291 g/mol. The van der Waals surface area contributed by atoms with Gasteiger partial charge in [0, 0.05) is 32.6 Å². The Morgan fingerprint density at radius 1 is 1.43 bits per heavy atom. The van der Waals surface area contributed by atoms with Crippen LogP contribution in [0.3, 0.4) is 0 Å². The van der Waals surface area contributed by atoms with Crippen molar-refractivity contribution in [1.82, 2.24) is 24.6 Å². The number of hydrogen-bond donors (Lipinski definition) is 0. The standard InChI is InChI=1S/C14H21N5O2/c1-2-17-7-11(6-13(17)20)14(21)18-5-3-4-12(8-18)19-10-15-9-16-19/h9-12H,2-8H2,1H3/t11-,12-/m1/s1. The molecule has 7 heteroatoms. The Bertz CT molecular complexity index is 515. The van der Waals surface area contributed by atoms with Crippen molar-refractivity contribution in [3.05, 3.63) is 12.7 Å². The lowest BCUT2D eigenvalue weighted by Gasteiger charge is -2.34. The molecular weight excluding hydrogens is 270 g/mol. The van der Waals surface area contributed by atoms with Gasteiger partial charge in [-0.05, 0) is 19.8 Å². The van der Waals surface area contributed by atoms with Crippen molar-refractivity contribution >= 4 is 11.8 Å². The lowest BCUT2D eigenvalue weighted by molar-refractivity contribution is -0.137. The number of carbonyl (C=O) groups excluding carboxylic acids is 2. The fraction of sp³-hybridized carbons (Fsp3) is 0.714. The van der Waals surface area contributed by atoms with Crippen LogP contribution in [0.4, 0.5) is 0 Å². The van der Waals surface area contributed by atoms with Crippen LogP contribution in [0, 0.1) is 5.92 Å². The van der Waals surface area contributed by atoms with E-state index in [1.165, 1.54) is 6.33 Å². The second-order valence-corrected chi connectivity index (χ2v) is 5.79. The van der Waals surface area contributed by atoms with E-state index in [0.29, 0.717) is 26.1 Å². The van der Waals surface area contributed by atoms with Gasteiger partial charge in [0.05, 0.1) is 12.0 Å². The molecule has 0 spiro atoms. The van der Waals surface area contributed by atoms with Crippen molar-refractivity contribution in [2.45, 2.75) is 32.2 Å². The van der Waals surface area contributed by atoms with Crippen LogP contribution in [0.25, 0.3) is 0 Å². The fourth-order valence-electron chi connectivity index (χ4n) is 3.28. The Hall–Kier alpha value is -1.92. The molecule has 0 N–H and O–H groups in total. The van der Waals surface area contributed by atoms with Crippen LogP contribution in [-0.2, 0) is 9.59 Å². The number of piperidine rings is 1. The summed E-state index contributed by atoms with van der Waals surface area (Å²) >= 11 is 0. The summed E-state index contributed by atoms with van der Waals surface area (Å²) in [6.07, 6.45) is 5.56. The van der Waals surface area contributed by atoms with Crippen molar-refractivity contribution < 1.29 is 9.59 Å². The first-order chi connectivity index (χ1) is 10.2. The first kappa shape index (κ1) is 14.0. The molecule has 3 rings (SSSR count). The molecule has 2 saturated heterocycles. The molecule has 0 aliphatic carbocycles. The van der Waals surface area contributed by atoms with Crippen LogP contribution in [0.1, 0.15) is 32.2 Å². The molecule has 0 saturated carbocycles. The van der Waals surface area contributed by atoms with Crippen LogP contribution in [0.5, 0.6) is 0 Å². The zero-order valence-corrected chi connectivity index (χ0v) is 12.3. The zero-order valence-electron chi connectivity index (χ0n) is 12.3. The van der Waals surface area contributed by atoms with Crippen molar-refractivity contribution in [3.8, 4) is 0 Å². The molecule has 0 bridgehead atoms. The SMILES string of the molecule is CCN1C[C@H](C(=O)N2CCC[C@@H](n3cncn3)C2)CC1=O. The molecule has 2 aliphatic heterocycles. The summed E-state index contributed by atoms with van der Waals surface area (Å²) in [4.78, 5) is 32.0. The molecule has 2 aliphatic rings. The number of hydrogen-bond acceptors (Lipinski definition) is 4. The predicted octanol–water partition coefficient (Wildman–Crippen LogP) is 0.310. The Kier molecular flexibility index (Phi) is 3.90.